The predicted octanol–water partition coefficient (Wildman–Crippen LogP) is 5.47. The number of alkyl halides is 6. The molecule has 2 aromatic carbocycles. The van der Waals surface area contributed by atoms with Gasteiger partial charge in [0.25, 0.3) is 0 Å². The summed E-state index contributed by atoms with van der Waals surface area (Å²) in [4.78, 5) is 16.2. The smallest absolute Gasteiger partial charge is 0.416 e. The molecule has 0 saturated carbocycles. The van der Waals surface area contributed by atoms with E-state index in [0.717, 1.165) is 5.57 Å². The van der Waals surface area contributed by atoms with Crippen LogP contribution in [0.2, 0.25) is 0 Å². The highest BCUT2D eigenvalue weighted by atomic mass is 19.4. The second-order valence-corrected chi connectivity index (χ2v) is 7.47. The fourth-order valence-corrected chi connectivity index (χ4v) is 3.74. The van der Waals surface area contributed by atoms with Gasteiger partial charge in [-0.2, -0.15) is 26.3 Å². The summed E-state index contributed by atoms with van der Waals surface area (Å²) in [5.41, 5.74) is -0.780. The fraction of sp³-hybridized carbons (Fsp3) is 0.273. The highest BCUT2D eigenvalue weighted by Crippen LogP contribution is 2.42. The molecule has 0 aliphatic carbocycles. The molecule has 0 spiro atoms. The average molecular weight is 470 g/mol. The summed E-state index contributed by atoms with van der Waals surface area (Å²) in [5, 5.41) is 2.74. The van der Waals surface area contributed by atoms with Crippen molar-refractivity contribution < 1.29 is 40.6 Å². The Hall–Kier alpha value is -3.50. The van der Waals surface area contributed by atoms with Crippen molar-refractivity contribution in [3.05, 3.63) is 64.4 Å². The number of rotatable bonds is 4. The summed E-state index contributed by atoms with van der Waals surface area (Å²) in [6, 6.07) is 5.50. The van der Waals surface area contributed by atoms with Crippen molar-refractivity contribution in [2.75, 3.05) is 13.7 Å². The number of allylic oxidation sites excluding steroid dienone is 1. The van der Waals surface area contributed by atoms with Gasteiger partial charge in [-0.05, 0) is 41.5 Å². The molecule has 1 atom stereocenters. The number of nitrogens with one attached hydrogen (secondary N) is 1. The molecule has 0 bridgehead atoms. The number of amides is 1. The summed E-state index contributed by atoms with van der Waals surface area (Å²) >= 11 is 0. The molecule has 5 nitrogen and oxygen atoms in total. The molecule has 11 heteroatoms. The van der Waals surface area contributed by atoms with E-state index >= 15 is 0 Å². The molecule has 174 valence electrons. The van der Waals surface area contributed by atoms with Crippen LogP contribution >= 0.6 is 0 Å². The first-order valence-electron chi connectivity index (χ1n) is 9.63. The molecule has 2 aromatic rings. The van der Waals surface area contributed by atoms with Crippen molar-refractivity contribution in [3.8, 4) is 17.2 Å². The molecule has 1 N–H and O–H groups in total. The lowest BCUT2D eigenvalue weighted by molar-refractivity contribution is -0.143. The van der Waals surface area contributed by atoms with E-state index < -0.39 is 29.2 Å². The molecule has 1 unspecified atom stereocenters. The first kappa shape index (κ1) is 22.7. The van der Waals surface area contributed by atoms with Gasteiger partial charge in [0.15, 0.2) is 11.5 Å². The van der Waals surface area contributed by atoms with E-state index in [1.165, 1.54) is 13.2 Å². The maximum absolute atomic E-state index is 13.1. The Labute approximate surface area is 183 Å². The highest BCUT2D eigenvalue weighted by Gasteiger charge is 2.37. The van der Waals surface area contributed by atoms with Crippen LogP contribution in [-0.2, 0) is 17.1 Å². The van der Waals surface area contributed by atoms with Crippen LogP contribution in [0.1, 0.15) is 29.0 Å². The van der Waals surface area contributed by atoms with Crippen LogP contribution in [0.4, 0.5) is 26.3 Å². The first-order valence-corrected chi connectivity index (χ1v) is 9.63. The molecule has 0 fully saturated rings. The summed E-state index contributed by atoms with van der Waals surface area (Å²) in [7, 11) is 1.29. The minimum absolute atomic E-state index is 0.0241. The van der Waals surface area contributed by atoms with Crippen LogP contribution < -0.4 is 14.8 Å². The van der Waals surface area contributed by atoms with Gasteiger partial charge in [-0.3, -0.25) is 9.79 Å². The lowest BCUT2D eigenvalue weighted by atomic mass is 9.85. The molecule has 2 aliphatic rings. The maximum atomic E-state index is 13.1. The molecule has 0 aromatic heterocycles. The van der Waals surface area contributed by atoms with Crippen molar-refractivity contribution in [1.29, 1.82) is 0 Å². The number of carbonyl (C=O) groups is 1. The van der Waals surface area contributed by atoms with Gasteiger partial charge in [0.2, 0.25) is 5.91 Å². The molecule has 0 radical (unpaired) electrons. The molecular weight excluding hydrogens is 454 g/mol. The van der Waals surface area contributed by atoms with Crippen LogP contribution in [0, 0.1) is 0 Å². The Morgan fingerprint density at radius 1 is 0.970 bits per heavy atom. The van der Waals surface area contributed by atoms with Gasteiger partial charge in [-0.1, -0.05) is 6.07 Å². The molecular formula is C22H16F6N2O3. The van der Waals surface area contributed by atoms with E-state index in [1.54, 1.807) is 18.3 Å². The number of nitrogens with zero attached hydrogens (tertiary/aromatic N) is 1. The lowest BCUT2D eigenvalue weighted by Crippen LogP contribution is -2.31. The summed E-state index contributed by atoms with van der Waals surface area (Å²) in [6.07, 6.45) is -8.26. The normalized spacial score (nSPS) is 18.3. The number of aliphatic imine (C=N–C) groups is 1. The Kier molecular flexibility index (Phi) is 5.59. The largest absolute Gasteiger partial charge is 0.493 e. The standard InChI is InChI=1S/C22H16F6N2O3/c1-32-19-4-11(15-8-20(31)30-17-10-29-9-16(15)17)2-3-18(19)33-14-6-12(21(23,24)25)5-13(7-14)22(26,27)28/h2-7,10,15H,8-9H2,1H3,(H,30,31). The van der Waals surface area contributed by atoms with E-state index in [9.17, 15) is 31.1 Å². The number of ether oxygens (including phenoxy) is 2. The van der Waals surface area contributed by atoms with Crippen LogP contribution in [0.25, 0.3) is 0 Å². The highest BCUT2D eigenvalue weighted by molar-refractivity contribution is 5.93. The van der Waals surface area contributed by atoms with Gasteiger partial charge in [0.1, 0.15) is 5.75 Å². The summed E-state index contributed by atoms with van der Waals surface area (Å²) in [6.45, 7) is 0.408. The topological polar surface area (TPSA) is 59.9 Å². The van der Waals surface area contributed by atoms with Crippen molar-refractivity contribution in [2.24, 2.45) is 4.99 Å². The van der Waals surface area contributed by atoms with Crippen LogP contribution in [-0.4, -0.2) is 25.8 Å². The van der Waals surface area contributed by atoms with Gasteiger partial charge >= 0.3 is 12.4 Å². The van der Waals surface area contributed by atoms with E-state index in [2.05, 4.69) is 10.3 Å². The van der Waals surface area contributed by atoms with Gasteiger partial charge in [-0.15, -0.1) is 0 Å². The fourth-order valence-electron chi connectivity index (χ4n) is 3.74. The Bertz CT molecular complexity index is 1140. The summed E-state index contributed by atoms with van der Waals surface area (Å²) < 4.78 is 89.4. The van der Waals surface area contributed by atoms with Gasteiger partial charge in [0.05, 0.1) is 30.5 Å². The van der Waals surface area contributed by atoms with Crippen LogP contribution in [0.3, 0.4) is 0 Å². The summed E-state index contributed by atoms with van der Waals surface area (Å²) in [5.74, 6) is -1.13. The second kappa shape index (κ2) is 8.13. The van der Waals surface area contributed by atoms with Crippen LogP contribution in [0.5, 0.6) is 17.2 Å². The zero-order valence-electron chi connectivity index (χ0n) is 17.0. The first-order chi connectivity index (χ1) is 15.5. The van der Waals surface area contributed by atoms with Gasteiger partial charge < -0.3 is 14.8 Å². The molecule has 2 aliphatic heterocycles. The molecule has 4 rings (SSSR count). The number of hydrogen-bond acceptors (Lipinski definition) is 4. The number of hydrogen-bond donors (Lipinski definition) is 1. The Morgan fingerprint density at radius 3 is 2.24 bits per heavy atom. The van der Waals surface area contributed by atoms with E-state index in [1.807, 2.05) is 0 Å². The molecule has 1 amide bonds. The number of methoxy groups -OCH3 is 1. The minimum atomic E-state index is -5.00. The monoisotopic (exact) mass is 470 g/mol. The van der Waals surface area contributed by atoms with Crippen molar-refractivity contribution >= 4 is 12.1 Å². The molecule has 0 saturated heterocycles. The third kappa shape index (κ3) is 4.67. The SMILES string of the molecule is COc1cc(C2CC(=O)NC3=C2CN=C3)ccc1Oc1cc(C(F)(F)F)cc(C(F)(F)F)c1. The van der Waals surface area contributed by atoms with E-state index in [-0.39, 0.29) is 35.8 Å². The van der Waals surface area contributed by atoms with Crippen molar-refractivity contribution in [2.45, 2.75) is 24.7 Å². The van der Waals surface area contributed by atoms with E-state index in [0.29, 0.717) is 29.9 Å². The minimum Gasteiger partial charge on any atom is -0.493 e. The van der Waals surface area contributed by atoms with Crippen molar-refractivity contribution in [1.82, 2.24) is 5.32 Å². The van der Waals surface area contributed by atoms with Crippen molar-refractivity contribution in [3.63, 3.8) is 0 Å². The third-order valence-electron chi connectivity index (χ3n) is 5.29. The molecule has 2 heterocycles. The Morgan fingerprint density at radius 2 is 1.64 bits per heavy atom. The van der Waals surface area contributed by atoms with E-state index in [4.69, 9.17) is 9.47 Å². The average Bonchev–Trinajstić information content (AvgIpc) is 3.20. The zero-order valence-corrected chi connectivity index (χ0v) is 17.0. The predicted molar refractivity (Wildman–Crippen MR) is 105 cm³/mol. The third-order valence-corrected chi connectivity index (χ3v) is 5.29. The van der Waals surface area contributed by atoms with Gasteiger partial charge in [-0.25, -0.2) is 0 Å². The number of carbonyl (C=O) groups excluding carboxylic acids is 1. The Balaban J connectivity index is 1.69. The lowest BCUT2D eigenvalue weighted by Gasteiger charge is -2.25. The van der Waals surface area contributed by atoms with Crippen LogP contribution in [0.15, 0.2) is 52.7 Å². The quantitative estimate of drug-likeness (QED) is 0.604. The number of halogens is 6. The number of benzene rings is 2. The second-order valence-electron chi connectivity index (χ2n) is 7.47. The van der Waals surface area contributed by atoms with Gasteiger partial charge in [0, 0.05) is 18.6 Å². The molecule has 33 heavy (non-hydrogen) atoms. The zero-order chi connectivity index (χ0) is 24.0. The maximum Gasteiger partial charge on any atom is 0.416 e.